The van der Waals surface area contributed by atoms with Crippen molar-refractivity contribution in [2.45, 2.75) is 6.04 Å². The van der Waals surface area contributed by atoms with Crippen molar-refractivity contribution in [2.75, 3.05) is 6.67 Å². The highest BCUT2D eigenvalue weighted by atomic mass is 35.5. The summed E-state index contributed by atoms with van der Waals surface area (Å²) in [6, 6.07) is 2.23. The van der Waals surface area contributed by atoms with E-state index in [-0.39, 0.29) is 22.5 Å². The second-order valence-corrected chi connectivity index (χ2v) is 3.77. The molecule has 1 nitrogen and oxygen atoms in total. The van der Waals surface area contributed by atoms with Crippen LogP contribution < -0.4 is 5.73 Å². The van der Waals surface area contributed by atoms with Gasteiger partial charge in [-0.2, -0.15) is 0 Å². The van der Waals surface area contributed by atoms with Crippen LogP contribution in [0.15, 0.2) is 12.1 Å². The van der Waals surface area contributed by atoms with Crippen LogP contribution in [0.25, 0.3) is 0 Å². The van der Waals surface area contributed by atoms with Gasteiger partial charge >= 0.3 is 0 Å². The monoisotopic (exact) mass is 277 g/mol. The maximum atomic E-state index is 12.2. The molecule has 0 fully saturated rings. The maximum absolute atomic E-state index is 12.2. The molecule has 0 bridgehead atoms. The van der Waals surface area contributed by atoms with Crippen LogP contribution in [0.3, 0.4) is 0 Å². The van der Waals surface area contributed by atoms with Gasteiger partial charge in [-0.1, -0.05) is 34.8 Å². The molecule has 0 aliphatic carbocycles. The summed E-state index contributed by atoms with van der Waals surface area (Å²) in [4.78, 5) is 0. The number of benzene rings is 1. The topological polar surface area (TPSA) is 26.0 Å². The third kappa shape index (κ3) is 3.14. The molecule has 0 amide bonds. The Morgan fingerprint density at radius 2 is 1.86 bits per heavy atom. The molecule has 14 heavy (non-hydrogen) atoms. The van der Waals surface area contributed by atoms with E-state index in [2.05, 4.69) is 0 Å². The summed E-state index contributed by atoms with van der Waals surface area (Å²) in [5, 5.41) is 0.942. The zero-order valence-electron chi connectivity index (χ0n) is 6.94. The molecule has 1 aromatic rings. The first kappa shape index (κ1) is 14.3. The fourth-order valence-electron chi connectivity index (χ4n) is 0.929. The molecule has 0 radical (unpaired) electrons. The van der Waals surface area contributed by atoms with Crippen LogP contribution in [0.2, 0.25) is 15.1 Å². The van der Waals surface area contributed by atoms with E-state index in [0.29, 0.717) is 10.6 Å². The van der Waals surface area contributed by atoms with Crippen LogP contribution in [-0.4, -0.2) is 6.67 Å². The van der Waals surface area contributed by atoms with Crippen molar-refractivity contribution in [3.05, 3.63) is 32.8 Å². The number of nitrogens with two attached hydrogens (primary N) is 1. The number of halogens is 5. The summed E-state index contributed by atoms with van der Waals surface area (Å²) in [7, 11) is 0. The fourth-order valence-corrected chi connectivity index (χ4v) is 1.69. The van der Waals surface area contributed by atoms with Crippen LogP contribution in [-0.2, 0) is 0 Å². The highest BCUT2D eigenvalue weighted by Crippen LogP contribution is 2.32. The summed E-state index contributed by atoms with van der Waals surface area (Å²) < 4.78 is 12.2. The zero-order chi connectivity index (χ0) is 10.0. The molecule has 0 aliphatic heterocycles. The summed E-state index contributed by atoms with van der Waals surface area (Å²) in [6.45, 7) is -0.698. The first-order chi connectivity index (χ1) is 6.06. The van der Waals surface area contributed by atoms with E-state index >= 15 is 0 Å². The lowest BCUT2D eigenvalue weighted by Crippen LogP contribution is -2.12. The van der Waals surface area contributed by atoms with E-state index in [1.807, 2.05) is 0 Å². The molecule has 0 spiro atoms. The average Bonchev–Trinajstić information content (AvgIpc) is 2.10. The Labute approximate surface area is 103 Å². The lowest BCUT2D eigenvalue weighted by atomic mass is 10.1. The summed E-state index contributed by atoms with van der Waals surface area (Å²) in [5.41, 5.74) is 5.89. The van der Waals surface area contributed by atoms with Gasteiger partial charge in [0.05, 0.1) is 16.1 Å². The number of hydrogen-bond donors (Lipinski definition) is 1. The first-order valence-electron chi connectivity index (χ1n) is 3.52. The zero-order valence-corrected chi connectivity index (χ0v) is 10.0. The normalized spacial score (nSPS) is 12.1. The smallest absolute Gasteiger partial charge is 0.109 e. The quantitative estimate of drug-likeness (QED) is 0.812. The minimum absolute atomic E-state index is 0. The van der Waals surface area contributed by atoms with Crippen molar-refractivity contribution in [3.63, 3.8) is 0 Å². The molecule has 0 aromatic heterocycles. The van der Waals surface area contributed by atoms with E-state index in [0.717, 1.165) is 0 Å². The highest BCUT2D eigenvalue weighted by molar-refractivity contribution is 6.43. The Bertz CT molecular complexity index is 318. The van der Waals surface area contributed by atoms with Crippen LogP contribution >= 0.6 is 47.2 Å². The molecule has 1 rings (SSSR count). The molecular weight excluding hydrogens is 271 g/mol. The maximum Gasteiger partial charge on any atom is 0.109 e. The van der Waals surface area contributed by atoms with Crippen molar-refractivity contribution in [3.8, 4) is 0 Å². The van der Waals surface area contributed by atoms with Gasteiger partial charge in [-0.15, -0.1) is 12.4 Å². The van der Waals surface area contributed by atoms with Gasteiger partial charge < -0.3 is 5.73 Å². The molecule has 0 saturated heterocycles. The second-order valence-electron chi connectivity index (χ2n) is 2.55. The molecule has 6 heteroatoms. The van der Waals surface area contributed by atoms with Crippen molar-refractivity contribution >= 4 is 47.2 Å². The van der Waals surface area contributed by atoms with Crippen molar-refractivity contribution in [1.29, 1.82) is 0 Å². The largest absolute Gasteiger partial charge is 0.322 e. The van der Waals surface area contributed by atoms with Crippen LogP contribution in [0, 0.1) is 0 Å². The minimum Gasteiger partial charge on any atom is -0.322 e. The molecule has 0 aliphatic rings. The third-order valence-electron chi connectivity index (χ3n) is 1.59. The first-order valence-corrected chi connectivity index (χ1v) is 4.65. The molecular formula is C8H8Cl4FN. The molecule has 1 aromatic carbocycles. The van der Waals surface area contributed by atoms with Crippen molar-refractivity contribution < 1.29 is 4.39 Å². The third-order valence-corrected chi connectivity index (χ3v) is 2.62. The Morgan fingerprint density at radius 1 is 1.29 bits per heavy atom. The molecule has 0 unspecified atom stereocenters. The van der Waals surface area contributed by atoms with Crippen molar-refractivity contribution in [1.82, 2.24) is 0 Å². The number of alkyl halides is 1. The SMILES string of the molecule is Cl.N[C@@H](CF)c1cc(Cl)cc(Cl)c1Cl. The standard InChI is InChI=1S/C8H7Cl3FN.ClH/c9-4-1-5(7(13)3-12)8(11)6(10)2-4;/h1-2,7H,3,13H2;1H/t7-;/m0./s1. The minimum atomic E-state index is -0.774. The lowest BCUT2D eigenvalue weighted by Gasteiger charge is -2.11. The number of rotatable bonds is 2. The molecule has 1 atom stereocenters. The Hall–Kier alpha value is 0.270. The predicted molar refractivity (Wildman–Crippen MR) is 61.6 cm³/mol. The van der Waals surface area contributed by atoms with Crippen molar-refractivity contribution in [2.24, 2.45) is 5.73 Å². The summed E-state index contributed by atoms with van der Waals surface area (Å²) in [6.07, 6.45) is 0. The van der Waals surface area contributed by atoms with E-state index < -0.39 is 12.7 Å². The van der Waals surface area contributed by atoms with Gasteiger partial charge in [-0.05, 0) is 17.7 Å². The lowest BCUT2D eigenvalue weighted by molar-refractivity contribution is 0.437. The molecule has 80 valence electrons. The predicted octanol–water partition coefficient (Wildman–Crippen LogP) is 4.04. The van der Waals surface area contributed by atoms with E-state index in [4.69, 9.17) is 40.5 Å². The molecule has 2 N–H and O–H groups in total. The van der Waals surface area contributed by atoms with Gasteiger partial charge in [0.15, 0.2) is 0 Å². The Kier molecular flexibility index (Phi) is 6.10. The number of hydrogen-bond acceptors (Lipinski definition) is 1. The average molecular weight is 279 g/mol. The van der Waals surface area contributed by atoms with E-state index in [1.165, 1.54) is 12.1 Å². The second kappa shape index (κ2) is 5.99. The molecule has 0 heterocycles. The fraction of sp³-hybridized carbons (Fsp3) is 0.250. The Balaban J connectivity index is 0.00000169. The van der Waals surface area contributed by atoms with E-state index in [1.54, 1.807) is 0 Å². The van der Waals surface area contributed by atoms with E-state index in [9.17, 15) is 4.39 Å². The van der Waals surface area contributed by atoms with Crippen LogP contribution in [0.1, 0.15) is 11.6 Å². The van der Waals surface area contributed by atoms with Gasteiger partial charge in [-0.25, -0.2) is 4.39 Å². The van der Waals surface area contributed by atoms with Gasteiger partial charge in [-0.3, -0.25) is 0 Å². The molecule has 0 saturated carbocycles. The summed E-state index contributed by atoms with van der Waals surface area (Å²) >= 11 is 17.2. The highest BCUT2D eigenvalue weighted by Gasteiger charge is 2.13. The van der Waals surface area contributed by atoms with Crippen LogP contribution in [0.5, 0.6) is 0 Å². The Morgan fingerprint density at radius 3 is 2.36 bits per heavy atom. The summed E-state index contributed by atoms with van der Waals surface area (Å²) in [5.74, 6) is 0. The van der Waals surface area contributed by atoms with Gasteiger partial charge in [0.1, 0.15) is 6.67 Å². The van der Waals surface area contributed by atoms with Gasteiger partial charge in [0, 0.05) is 5.02 Å². The van der Waals surface area contributed by atoms with Crippen LogP contribution in [0.4, 0.5) is 4.39 Å². The van der Waals surface area contributed by atoms with Gasteiger partial charge in [0.25, 0.3) is 0 Å². The van der Waals surface area contributed by atoms with Gasteiger partial charge in [0.2, 0.25) is 0 Å².